The summed E-state index contributed by atoms with van der Waals surface area (Å²) in [5.74, 6) is 0.195. The van der Waals surface area contributed by atoms with Crippen molar-refractivity contribution in [2.45, 2.75) is 6.54 Å². The van der Waals surface area contributed by atoms with E-state index in [2.05, 4.69) is 5.32 Å². The first kappa shape index (κ1) is 23.8. The van der Waals surface area contributed by atoms with Crippen molar-refractivity contribution in [1.29, 1.82) is 0 Å². The van der Waals surface area contributed by atoms with Gasteiger partial charge in [0.25, 0.3) is 17.2 Å². The molecule has 1 aromatic carbocycles. The van der Waals surface area contributed by atoms with Crippen LogP contribution >= 0.6 is 0 Å². The fourth-order valence-corrected chi connectivity index (χ4v) is 2.68. The van der Waals surface area contributed by atoms with Gasteiger partial charge in [0.2, 0.25) is 0 Å². The van der Waals surface area contributed by atoms with Crippen molar-refractivity contribution in [1.82, 2.24) is 9.47 Å². The third kappa shape index (κ3) is 7.08. The Morgan fingerprint density at radius 3 is 2.68 bits per heavy atom. The number of carbonyl (C=O) groups excluding carboxylic acids is 1. The maximum absolute atomic E-state index is 12.0. The summed E-state index contributed by atoms with van der Waals surface area (Å²) in [5, 5.41) is 22.9. The van der Waals surface area contributed by atoms with Gasteiger partial charge in [-0.3, -0.25) is 19.7 Å². The van der Waals surface area contributed by atoms with E-state index in [0.717, 1.165) is 0 Å². The largest absolute Gasteiger partial charge is 0.491 e. The fraction of sp³-hybridized carbons (Fsp3) is 0.400. The molecule has 0 aliphatic heterocycles. The molecular weight excluding hydrogens is 408 g/mol. The summed E-state index contributed by atoms with van der Waals surface area (Å²) in [7, 11) is 3.26. The average Bonchev–Trinajstić information content (AvgIpc) is 2.75. The lowest BCUT2D eigenvalue weighted by molar-refractivity contribution is -0.384. The number of nitro benzene ring substituents is 1. The Morgan fingerprint density at radius 1 is 1.23 bits per heavy atom. The van der Waals surface area contributed by atoms with Gasteiger partial charge in [0.05, 0.1) is 30.3 Å². The van der Waals surface area contributed by atoms with Crippen LogP contribution in [0.4, 0.5) is 11.4 Å². The standard InChI is InChI=1S/C20H26N4O7/c1-22(2)20(27)15-3-6-19(26)23(14-15)8-11-30-10-7-21-17-13-16(31-12-9-25)4-5-18(17)24(28)29/h3-6,13-14,21,25H,7-12H2,1-2H3. The van der Waals surface area contributed by atoms with E-state index >= 15 is 0 Å². The Morgan fingerprint density at radius 2 is 2.00 bits per heavy atom. The molecule has 0 aliphatic carbocycles. The first-order chi connectivity index (χ1) is 14.8. The molecule has 0 spiro atoms. The van der Waals surface area contributed by atoms with Crippen LogP contribution in [0.5, 0.6) is 5.75 Å². The molecular formula is C20H26N4O7. The molecule has 0 saturated carbocycles. The van der Waals surface area contributed by atoms with Crippen LogP contribution in [0.3, 0.4) is 0 Å². The van der Waals surface area contributed by atoms with E-state index in [-0.39, 0.29) is 55.8 Å². The number of hydrogen-bond acceptors (Lipinski definition) is 8. The number of ether oxygens (including phenoxy) is 2. The highest BCUT2D eigenvalue weighted by Gasteiger charge is 2.14. The van der Waals surface area contributed by atoms with E-state index in [4.69, 9.17) is 14.6 Å². The lowest BCUT2D eigenvalue weighted by Gasteiger charge is -2.13. The quantitative estimate of drug-likeness (QED) is 0.286. The fourth-order valence-electron chi connectivity index (χ4n) is 2.68. The monoisotopic (exact) mass is 434 g/mol. The SMILES string of the molecule is CN(C)C(=O)c1ccc(=O)n(CCOCCNc2cc(OCCO)ccc2[N+](=O)[O-])c1. The molecule has 2 aromatic rings. The van der Waals surface area contributed by atoms with Gasteiger partial charge in [-0.05, 0) is 12.1 Å². The zero-order chi connectivity index (χ0) is 22.8. The number of nitrogens with one attached hydrogen (secondary N) is 1. The molecule has 2 rings (SSSR count). The van der Waals surface area contributed by atoms with E-state index in [1.165, 1.54) is 46.0 Å². The minimum absolute atomic E-state index is 0.0844. The highest BCUT2D eigenvalue weighted by molar-refractivity contribution is 5.93. The number of carbonyl (C=O) groups is 1. The molecule has 2 N–H and O–H groups in total. The summed E-state index contributed by atoms with van der Waals surface area (Å²) in [4.78, 5) is 36.1. The van der Waals surface area contributed by atoms with Crippen molar-refractivity contribution in [3.63, 3.8) is 0 Å². The number of benzene rings is 1. The Labute approximate surface area is 179 Å². The van der Waals surface area contributed by atoms with E-state index in [1.54, 1.807) is 14.1 Å². The van der Waals surface area contributed by atoms with Crippen molar-refractivity contribution in [3.05, 3.63) is 62.6 Å². The van der Waals surface area contributed by atoms with Gasteiger partial charge in [-0.1, -0.05) is 0 Å². The predicted octanol–water partition coefficient (Wildman–Crippen LogP) is 0.958. The summed E-state index contributed by atoms with van der Waals surface area (Å²) >= 11 is 0. The molecule has 0 radical (unpaired) electrons. The van der Waals surface area contributed by atoms with Crippen LogP contribution in [-0.4, -0.2) is 72.5 Å². The minimum atomic E-state index is -0.507. The zero-order valence-electron chi connectivity index (χ0n) is 17.4. The Hall–Kier alpha value is -3.44. The van der Waals surface area contributed by atoms with E-state index in [9.17, 15) is 19.7 Å². The third-order valence-electron chi connectivity index (χ3n) is 4.20. The minimum Gasteiger partial charge on any atom is -0.491 e. The molecule has 0 aliphatic rings. The summed E-state index contributed by atoms with van der Waals surface area (Å²) < 4.78 is 12.2. The molecule has 1 amide bonds. The van der Waals surface area contributed by atoms with Gasteiger partial charge >= 0.3 is 0 Å². The van der Waals surface area contributed by atoms with Gasteiger partial charge in [0.15, 0.2) is 0 Å². The molecule has 0 bridgehead atoms. The van der Waals surface area contributed by atoms with Gasteiger partial charge in [0.1, 0.15) is 18.0 Å². The van der Waals surface area contributed by atoms with E-state index in [1.807, 2.05) is 0 Å². The van der Waals surface area contributed by atoms with Crippen LogP contribution in [0.15, 0.2) is 41.3 Å². The number of aromatic nitrogens is 1. The molecule has 1 aromatic heterocycles. The first-order valence-corrected chi connectivity index (χ1v) is 9.59. The molecule has 11 heteroatoms. The van der Waals surface area contributed by atoms with Crippen LogP contribution in [0.25, 0.3) is 0 Å². The zero-order valence-corrected chi connectivity index (χ0v) is 17.4. The Bertz CT molecular complexity index is 959. The first-order valence-electron chi connectivity index (χ1n) is 9.59. The van der Waals surface area contributed by atoms with Gasteiger partial charge in [-0.25, -0.2) is 0 Å². The van der Waals surface area contributed by atoms with Crippen molar-refractivity contribution >= 4 is 17.3 Å². The highest BCUT2D eigenvalue weighted by Crippen LogP contribution is 2.28. The van der Waals surface area contributed by atoms with Gasteiger partial charge < -0.3 is 29.4 Å². The average molecular weight is 434 g/mol. The second-order valence-electron chi connectivity index (χ2n) is 6.70. The molecule has 1 heterocycles. The second kappa shape index (κ2) is 11.7. The molecule has 0 saturated heterocycles. The summed E-state index contributed by atoms with van der Waals surface area (Å²) in [6.45, 7) is 0.938. The van der Waals surface area contributed by atoms with Gasteiger partial charge in [0, 0.05) is 51.6 Å². The van der Waals surface area contributed by atoms with Crippen molar-refractivity contribution in [2.75, 3.05) is 52.4 Å². The predicted molar refractivity (Wildman–Crippen MR) is 114 cm³/mol. The Kier molecular flexibility index (Phi) is 8.97. The number of amides is 1. The molecule has 0 unspecified atom stereocenters. The van der Waals surface area contributed by atoms with Crippen LogP contribution in [0.2, 0.25) is 0 Å². The van der Waals surface area contributed by atoms with E-state index < -0.39 is 4.92 Å². The highest BCUT2D eigenvalue weighted by atomic mass is 16.6. The maximum Gasteiger partial charge on any atom is 0.292 e. The maximum atomic E-state index is 12.0. The third-order valence-corrected chi connectivity index (χ3v) is 4.20. The van der Waals surface area contributed by atoms with Crippen LogP contribution in [0, 0.1) is 10.1 Å². The lowest BCUT2D eigenvalue weighted by atomic mass is 10.2. The molecule has 0 atom stereocenters. The number of anilines is 1. The number of nitrogens with zero attached hydrogens (tertiary/aromatic N) is 3. The number of hydrogen-bond donors (Lipinski definition) is 2. The number of aliphatic hydroxyl groups is 1. The Balaban J connectivity index is 1.86. The second-order valence-corrected chi connectivity index (χ2v) is 6.70. The summed E-state index contributed by atoms with van der Waals surface area (Å²) in [5.41, 5.74) is 0.328. The number of nitro groups is 1. The van der Waals surface area contributed by atoms with Gasteiger partial charge in [-0.2, -0.15) is 0 Å². The molecule has 11 nitrogen and oxygen atoms in total. The molecule has 168 valence electrons. The summed E-state index contributed by atoms with van der Waals surface area (Å²) in [6, 6.07) is 7.09. The van der Waals surface area contributed by atoms with E-state index in [0.29, 0.717) is 17.9 Å². The topological polar surface area (TPSA) is 136 Å². The number of pyridine rings is 1. The number of rotatable bonds is 12. The van der Waals surface area contributed by atoms with Crippen LogP contribution in [0.1, 0.15) is 10.4 Å². The van der Waals surface area contributed by atoms with Crippen LogP contribution in [-0.2, 0) is 11.3 Å². The normalized spacial score (nSPS) is 10.5. The molecule has 31 heavy (non-hydrogen) atoms. The molecule has 0 fully saturated rings. The van der Waals surface area contributed by atoms with Crippen molar-refractivity contribution in [3.8, 4) is 5.75 Å². The number of aliphatic hydroxyl groups excluding tert-OH is 1. The van der Waals surface area contributed by atoms with Crippen LogP contribution < -0.4 is 15.6 Å². The van der Waals surface area contributed by atoms with Crippen molar-refractivity contribution in [2.24, 2.45) is 0 Å². The lowest BCUT2D eigenvalue weighted by Crippen LogP contribution is -2.27. The summed E-state index contributed by atoms with van der Waals surface area (Å²) in [6.07, 6.45) is 1.49. The smallest absolute Gasteiger partial charge is 0.292 e. The van der Waals surface area contributed by atoms with Crippen molar-refractivity contribution < 1.29 is 24.3 Å². The van der Waals surface area contributed by atoms with Gasteiger partial charge in [-0.15, -0.1) is 0 Å².